The number of rotatable bonds is 4. The third-order valence-corrected chi connectivity index (χ3v) is 5.85. The van der Waals surface area contributed by atoms with Crippen LogP contribution in [-0.4, -0.2) is 42.5 Å². The summed E-state index contributed by atoms with van der Waals surface area (Å²) < 4.78 is 26.7. The van der Waals surface area contributed by atoms with Crippen LogP contribution >= 0.6 is 0 Å². The molecular formula is C18H18N4O4S. The molecule has 2 aromatic carbocycles. The van der Waals surface area contributed by atoms with Gasteiger partial charge in [-0.25, -0.2) is 17.4 Å². The lowest BCUT2D eigenvalue weighted by Crippen LogP contribution is -2.25. The van der Waals surface area contributed by atoms with Crippen molar-refractivity contribution in [3.63, 3.8) is 0 Å². The monoisotopic (exact) mass is 386 g/mol. The van der Waals surface area contributed by atoms with Crippen molar-refractivity contribution in [1.29, 1.82) is 0 Å². The summed E-state index contributed by atoms with van der Waals surface area (Å²) >= 11 is 0. The van der Waals surface area contributed by atoms with Gasteiger partial charge < -0.3 is 5.32 Å². The van der Waals surface area contributed by atoms with Crippen molar-refractivity contribution in [2.45, 2.75) is 4.90 Å². The lowest BCUT2D eigenvalue weighted by atomic mass is 10.1. The summed E-state index contributed by atoms with van der Waals surface area (Å²) in [6, 6.07) is 12.6. The van der Waals surface area contributed by atoms with Gasteiger partial charge in [-0.2, -0.15) is 5.10 Å². The first-order chi connectivity index (χ1) is 12.7. The van der Waals surface area contributed by atoms with Gasteiger partial charge in [0.05, 0.1) is 10.3 Å². The van der Waals surface area contributed by atoms with E-state index in [0.717, 1.165) is 8.99 Å². The highest BCUT2D eigenvalue weighted by molar-refractivity contribution is 7.89. The van der Waals surface area contributed by atoms with Gasteiger partial charge in [-0.15, -0.1) is 0 Å². The van der Waals surface area contributed by atoms with E-state index in [-0.39, 0.29) is 16.1 Å². The van der Waals surface area contributed by atoms with E-state index < -0.39 is 15.9 Å². The van der Waals surface area contributed by atoms with Crippen molar-refractivity contribution >= 4 is 32.4 Å². The molecule has 0 atom stereocenters. The van der Waals surface area contributed by atoms with E-state index in [2.05, 4.69) is 10.4 Å². The molecule has 1 N–H and O–H groups in total. The molecule has 8 nitrogen and oxygen atoms in total. The van der Waals surface area contributed by atoms with Crippen LogP contribution in [0, 0.1) is 0 Å². The van der Waals surface area contributed by atoms with Gasteiger partial charge in [0.15, 0.2) is 5.69 Å². The van der Waals surface area contributed by atoms with E-state index in [1.165, 1.54) is 39.3 Å². The third kappa shape index (κ3) is 3.46. The van der Waals surface area contributed by atoms with E-state index >= 15 is 0 Å². The van der Waals surface area contributed by atoms with Gasteiger partial charge in [-0.3, -0.25) is 9.59 Å². The predicted molar refractivity (Wildman–Crippen MR) is 102 cm³/mol. The highest BCUT2D eigenvalue weighted by atomic mass is 32.2. The molecule has 1 amide bonds. The highest BCUT2D eigenvalue weighted by Crippen LogP contribution is 2.20. The normalized spacial score (nSPS) is 11.7. The maximum absolute atomic E-state index is 12.7. The summed E-state index contributed by atoms with van der Waals surface area (Å²) in [5.74, 6) is -0.541. The molecule has 0 bridgehead atoms. The van der Waals surface area contributed by atoms with Crippen molar-refractivity contribution < 1.29 is 13.2 Å². The smallest absolute Gasteiger partial charge is 0.276 e. The number of anilines is 1. The third-order valence-electron chi connectivity index (χ3n) is 4.04. The number of nitrogens with zero attached hydrogens (tertiary/aromatic N) is 3. The molecule has 0 fully saturated rings. The number of carbonyl (C=O) groups excluding carboxylic acids is 1. The molecule has 0 spiro atoms. The number of benzene rings is 2. The standard InChI is InChI=1S/C18H18N4O4S/c1-21(2)27(25,26)13-8-6-7-12(11-13)19-17(23)16-14-9-4-5-10-15(14)18(24)22(3)20-16/h4-11H,1-3H3,(H,19,23). The Bertz CT molecular complexity index is 1200. The number of hydrogen-bond donors (Lipinski definition) is 1. The molecule has 0 aliphatic carbocycles. The minimum atomic E-state index is -3.63. The fraction of sp³-hybridized carbons (Fsp3) is 0.167. The van der Waals surface area contributed by atoms with Gasteiger partial charge >= 0.3 is 0 Å². The zero-order chi connectivity index (χ0) is 19.8. The lowest BCUT2D eigenvalue weighted by Gasteiger charge is -2.13. The van der Waals surface area contributed by atoms with Crippen LogP contribution in [-0.2, 0) is 17.1 Å². The van der Waals surface area contributed by atoms with Crippen LogP contribution in [0.4, 0.5) is 5.69 Å². The largest absolute Gasteiger partial charge is 0.321 e. The van der Waals surface area contributed by atoms with Crippen molar-refractivity contribution in [2.75, 3.05) is 19.4 Å². The minimum Gasteiger partial charge on any atom is -0.321 e. The summed E-state index contributed by atoms with van der Waals surface area (Å²) in [5.41, 5.74) is 0.0810. The second-order valence-corrected chi connectivity index (χ2v) is 8.24. The highest BCUT2D eigenvalue weighted by Gasteiger charge is 2.19. The lowest BCUT2D eigenvalue weighted by molar-refractivity contribution is 0.102. The fourth-order valence-corrected chi connectivity index (χ4v) is 3.55. The average Bonchev–Trinajstić information content (AvgIpc) is 2.64. The first-order valence-electron chi connectivity index (χ1n) is 8.02. The van der Waals surface area contributed by atoms with Gasteiger partial charge in [0.25, 0.3) is 11.5 Å². The van der Waals surface area contributed by atoms with Gasteiger partial charge in [-0.1, -0.05) is 24.3 Å². The number of aromatic nitrogens is 2. The van der Waals surface area contributed by atoms with Gasteiger partial charge in [0.2, 0.25) is 10.0 Å². The van der Waals surface area contributed by atoms with Crippen molar-refractivity contribution in [2.24, 2.45) is 7.05 Å². The van der Waals surface area contributed by atoms with Gasteiger partial charge in [-0.05, 0) is 24.3 Å². The van der Waals surface area contributed by atoms with Crippen molar-refractivity contribution in [1.82, 2.24) is 14.1 Å². The maximum atomic E-state index is 12.7. The quantitative estimate of drug-likeness (QED) is 0.731. The Balaban J connectivity index is 2.02. The zero-order valence-corrected chi connectivity index (χ0v) is 15.8. The Morgan fingerprint density at radius 3 is 2.41 bits per heavy atom. The second-order valence-electron chi connectivity index (χ2n) is 6.09. The zero-order valence-electron chi connectivity index (χ0n) is 15.0. The van der Waals surface area contributed by atoms with Crippen molar-refractivity contribution in [3.8, 4) is 0 Å². The molecule has 0 aliphatic heterocycles. The first kappa shape index (κ1) is 18.7. The molecule has 3 aromatic rings. The number of hydrogen-bond acceptors (Lipinski definition) is 5. The van der Waals surface area contributed by atoms with E-state index in [9.17, 15) is 18.0 Å². The number of nitrogens with one attached hydrogen (secondary N) is 1. The molecule has 0 saturated heterocycles. The van der Waals surface area contributed by atoms with E-state index in [1.807, 2.05) is 0 Å². The molecule has 0 unspecified atom stereocenters. The number of sulfonamides is 1. The van der Waals surface area contributed by atoms with Crippen molar-refractivity contribution in [3.05, 3.63) is 64.6 Å². The molecule has 3 rings (SSSR count). The number of carbonyl (C=O) groups is 1. The Morgan fingerprint density at radius 1 is 1.07 bits per heavy atom. The molecule has 0 radical (unpaired) electrons. The topological polar surface area (TPSA) is 101 Å². The average molecular weight is 386 g/mol. The second kappa shape index (κ2) is 6.93. The van der Waals surface area contributed by atoms with E-state index in [1.54, 1.807) is 30.3 Å². The van der Waals surface area contributed by atoms with E-state index in [4.69, 9.17) is 0 Å². The van der Waals surface area contributed by atoms with E-state index in [0.29, 0.717) is 16.5 Å². The summed E-state index contributed by atoms with van der Waals surface area (Å²) in [6.45, 7) is 0. The first-order valence-corrected chi connectivity index (χ1v) is 9.46. The van der Waals surface area contributed by atoms with Crippen LogP contribution in [0.3, 0.4) is 0 Å². The Labute approximate surface area is 156 Å². The minimum absolute atomic E-state index is 0.0589. The summed E-state index contributed by atoms with van der Waals surface area (Å²) in [5, 5.41) is 7.52. The molecule has 1 aromatic heterocycles. The fourth-order valence-electron chi connectivity index (χ4n) is 2.60. The SMILES string of the molecule is CN(C)S(=O)(=O)c1cccc(NC(=O)c2nn(C)c(=O)c3ccccc23)c1. The number of fused-ring (bicyclic) bond motifs is 1. The molecule has 27 heavy (non-hydrogen) atoms. The summed E-state index contributed by atoms with van der Waals surface area (Å²) in [7, 11) is 0.706. The molecule has 1 heterocycles. The van der Waals surface area contributed by atoms with Crippen LogP contribution in [0.2, 0.25) is 0 Å². The summed E-state index contributed by atoms with van der Waals surface area (Å²) in [6.07, 6.45) is 0. The number of aryl methyl sites for hydroxylation is 1. The van der Waals surface area contributed by atoms with Crippen LogP contribution in [0.1, 0.15) is 10.5 Å². The van der Waals surface area contributed by atoms with Crippen LogP contribution in [0.25, 0.3) is 10.8 Å². The molecular weight excluding hydrogens is 368 g/mol. The van der Waals surface area contributed by atoms with Crippen LogP contribution < -0.4 is 10.9 Å². The maximum Gasteiger partial charge on any atom is 0.276 e. The molecule has 0 saturated carbocycles. The van der Waals surface area contributed by atoms with Gasteiger partial charge in [0.1, 0.15) is 0 Å². The van der Waals surface area contributed by atoms with Gasteiger partial charge in [0, 0.05) is 32.2 Å². The Hall–Kier alpha value is -3.04. The summed E-state index contributed by atoms with van der Waals surface area (Å²) in [4.78, 5) is 25.0. The molecule has 0 aliphatic rings. The molecule has 140 valence electrons. The predicted octanol–water partition coefficient (Wildman–Crippen LogP) is 1.44. The number of amides is 1. The van der Waals surface area contributed by atoms with Crippen LogP contribution in [0.15, 0.2) is 58.2 Å². The molecule has 9 heteroatoms. The van der Waals surface area contributed by atoms with Crippen LogP contribution in [0.5, 0.6) is 0 Å². The Kier molecular flexibility index (Phi) is 4.81. The Morgan fingerprint density at radius 2 is 1.74 bits per heavy atom.